The van der Waals surface area contributed by atoms with Gasteiger partial charge in [0.05, 0.1) is 6.10 Å². The van der Waals surface area contributed by atoms with Crippen LogP contribution in [-0.4, -0.2) is 42.4 Å². The third-order valence-corrected chi connectivity index (χ3v) is 4.10. The van der Waals surface area contributed by atoms with Crippen LogP contribution >= 0.6 is 0 Å². The van der Waals surface area contributed by atoms with E-state index in [1.807, 2.05) is 6.92 Å². The monoisotopic (exact) mass is 325 g/mol. The summed E-state index contributed by atoms with van der Waals surface area (Å²) < 4.78 is 5.35. The topological polar surface area (TPSA) is 82.5 Å². The van der Waals surface area contributed by atoms with Crippen molar-refractivity contribution in [3.05, 3.63) is 0 Å². The van der Waals surface area contributed by atoms with Crippen LogP contribution in [0.4, 0.5) is 0 Å². The average molecular weight is 325 g/mol. The van der Waals surface area contributed by atoms with Gasteiger partial charge in [-0.1, -0.05) is 38.5 Å². The van der Waals surface area contributed by atoms with Gasteiger partial charge in [0, 0.05) is 13.5 Å². The highest BCUT2D eigenvalue weighted by molar-refractivity contribution is 5.96. The number of amides is 1. The zero-order chi connectivity index (χ0) is 17.1. The Labute approximate surface area is 139 Å². The first kappa shape index (κ1) is 19.5. The Morgan fingerprint density at radius 1 is 1.04 bits per heavy atom. The summed E-state index contributed by atoms with van der Waals surface area (Å²) in [5.41, 5.74) is 0. The van der Waals surface area contributed by atoms with Crippen molar-refractivity contribution in [2.75, 3.05) is 13.6 Å². The average Bonchev–Trinajstić information content (AvgIpc) is 2.47. The summed E-state index contributed by atoms with van der Waals surface area (Å²) in [4.78, 5) is 25.0. The van der Waals surface area contributed by atoms with Crippen molar-refractivity contribution < 1.29 is 14.3 Å². The lowest BCUT2D eigenvalue weighted by Crippen LogP contribution is -2.44. The predicted octanol–water partition coefficient (Wildman–Crippen LogP) is 2.82. The maximum absolute atomic E-state index is 11.9. The second-order valence-corrected chi connectivity index (χ2v) is 6.42. The highest BCUT2D eigenvalue weighted by Crippen LogP contribution is 2.12. The zero-order valence-corrected chi connectivity index (χ0v) is 14.5. The van der Waals surface area contributed by atoms with Gasteiger partial charge in [0.1, 0.15) is 6.54 Å². The maximum atomic E-state index is 11.9. The van der Waals surface area contributed by atoms with Gasteiger partial charge in [-0.15, -0.1) is 0 Å². The number of esters is 1. The Balaban J connectivity index is 2.50. The second-order valence-electron chi connectivity index (χ2n) is 6.42. The van der Waals surface area contributed by atoms with Gasteiger partial charge in [-0.25, -0.2) is 0 Å². The number of nitrogens with zero attached hydrogens (tertiary/aromatic N) is 1. The highest BCUT2D eigenvalue weighted by Gasteiger charge is 2.15. The number of carbonyl (C=O) groups is 2. The van der Waals surface area contributed by atoms with E-state index in [0.29, 0.717) is 6.42 Å². The molecule has 1 aliphatic rings. The molecule has 0 aromatic rings. The molecule has 0 aromatic carbocycles. The lowest BCUT2D eigenvalue weighted by Gasteiger charge is -2.21. The van der Waals surface area contributed by atoms with Crippen molar-refractivity contribution >= 4 is 17.8 Å². The molecule has 0 radical (unpaired) electrons. The van der Waals surface area contributed by atoms with Crippen LogP contribution in [0.3, 0.4) is 0 Å². The van der Waals surface area contributed by atoms with E-state index in [1.54, 1.807) is 7.05 Å². The molecule has 0 saturated carbocycles. The summed E-state index contributed by atoms with van der Waals surface area (Å²) in [6.45, 7) is 1.88. The van der Waals surface area contributed by atoms with Crippen LogP contribution in [-0.2, 0) is 14.3 Å². The molecule has 1 atom stereocenters. The van der Waals surface area contributed by atoms with Gasteiger partial charge < -0.3 is 9.64 Å². The van der Waals surface area contributed by atoms with E-state index in [0.717, 1.165) is 25.7 Å². The predicted molar refractivity (Wildman–Crippen MR) is 90.2 cm³/mol. The molecule has 0 spiro atoms. The molecule has 23 heavy (non-hydrogen) atoms. The number of carbonyl (C=O) groups excluding carboxylic acids is 2. The van der Waals surface area contributed by atoms with Crippen LogP contribution in [0.25, 0.3) is 0 Å². The van der Waals surface area contributed by atoms with E-state index < -0.39 is 0 Å². The third-order valence-electron chi connectivity index (χ3n) is 4.10. The smallest absolute Gasteiger partial charge is 0.325 e. The fourth-order valence-electron chi connectivity index (χ4n) is 2.66. The molecule has 6 heteroatoms. The molecule has 132 valence electrons. The van der Waals surface area contributed by atoms with Crippen LogP contribution in [0, 0.1) is 5.41 Å². The first-order valence-electron chi connectivity index (χ1n) is 8.78. The number of ether oxygens (including phenoxy) is 1. The Morgan fingerprint density at radius 3 is 2.26 bits per heavy atom. The van der Waals surface area contributed by atoms with Gasteiger partial charge in [0.2, 0.25) is 5.91 Å². The molecule has 2 N–H and O–H groups in total. The molecule has 6 nitrogen and oxygen atoms in total. The number of rotatable bonds is 0. The molecule has 1 amide bonds. The molecule has 1 saturated heterocycles. The van der Waals surface area contributed by atoms with Gasteiger partial charge >= 0.3 is 5.97 Å². The first-order valence-corrected chi connectivity index (χ1v) is 8.78. The summed E-state index contributed by atoms with van der Waals surface area (Å²) in [6.07, 6.45) is 10.2. The van der Waals surface area contributed by atoms with E-state index in [2.05, 4.69) is 5.32 Å². The Hall–Kier alpha value is -1.59. The lowest BCUT2D eigenvalue weighted by atomic mass is 10.1. The van der Waals surface area contributed by atoms with Crippen LogP contribution in [0.1, 0.15) is 71.1 Å². The first-order chi connectivity index (χ1) is 11.0. The third kappa shape index (κ3) is 9.21. The van der Waals surface area contributed by atoms with Crippen LogP contribution in [0.5, 0.6) is 0 Å². The van der Waals surface area contributed by atoms with E-state index >= 15 is 0 Å². The molecule has 1 aliphatic heterocycles. The van der Waals surface area contributed by atoms with Crippen molar-refractivity contribution in [2.24, 2.45) is 0 Å². The molecule has 1 unspecified atom stereocenters. The van der Waals surface area contributed by atoms with Gasteiger partial charge in [-0.2, -0.15) is 0 Å². The number of nitrogens with one attached hydrogen (secondary N) is 2. The molecule has 0 bridgehead atoms. The number of likely N-dealkylation sites (N-methyl/N-ethyl adjacent to an activating group) is 1. The standard InChI is InChI=1S/C17H31N3O3/c1-14-11-9-7-5-3-4-6-8-10-12-15(21)19-17(18)20(2)13-16(22)23-14/h14H,3-13H2,1-2H3,(H2,18,19,21). The summed E-state index contributed by atoms with van der Waals surface area (Å²) >= 11 is 0. The quantitative estimate of drug-likeness (QED) is 0.671. The lowest BCUT2D eigenvalue weighted by molar-refractivity contribution is -0.148. The van der Waals surface area contributed by atoms with E-state index in [1.165, 1.54) is 37.0 Å². The fraction of sp³-hybridized carbons (Fsp3) is 0.824. The molecule has 0 aromatic heterocycles. The van der Waals surface area contributed by atoms with Gasteiger partial charge in [0.15, 0.2) is 5.96 Å². The highest BCUT2D eigenvalue weighted by atomic mass is 16.5. The van der Waals surface area contributed by atoms with Gasteiger partial charge in [-0.3, -0.25) is 20.3 Å². The molecule has 1 rings (SSSR count). The van der Waals surface area contributed by atoms with Crippen LogP contribution < -0.4 is 5.32 Å². The van der Waals surface area contributed by atoms with E-state index in [-0.39, 0.29) is 30.5 Å². The molecule has 1 fully saturated rings. The van der Waals surface area contributed by atoms with Crippen molar-refractivity contribution in [1.29, 1.82) is 5.41 Å². The maximum Gasteiger partial charge on any atom is 0.325 e. The molecule has 1 heterocycles. The van der Waals surface area contributed by atoms with Crippen LogP contribution in [0.2, 0.25) is 0 Å². The van der Waals surface area contributed by atoms with Crippen molar-refractivity contribution in [1.82, 2.24) is 10.2 Å². The number of hydrogen-bond donors (Lipinski definition) is 2. The second kappa shape index (κ2) is 11.0. The largest absolute Gasteiger partial charge is 0.461 e. The minimum atomic E-state index is -0.361. The molecule has 0 aliphatic carbocycles. The molecular weight excluding hydrogens is 294 g/mol. The SMILES string of the molecule is CC1CCCCCCCCCCC(=O)NC(=N)N(C)CC(=O)O1. The van der Waals surface area contributed by atoms with E-state index in [4.69, 9.17) is 10.1 Å². The minimum Gasteiger partial charge on any atom is -0.461 e. The Morgan fingerprint density at radius 2 is 1.61 bits per heavy atom. The van der Waals surface area contributed by atoms with Crippen molar-refractivity contribution in [3.63, 3.8) is 0 Å². The van der Waals surface area contributed by atoms with Crippen LogP contribution in [0.15, 0.2) is 0 Å². The number of guanidine groups is 1. The normalized spacial score (nSPS) is 24.3. The zero-order valence-electron chi connectivity index (χ0n) is 14.5. The van der Waals surface area contributed by atoms with Crippen molar-refractivity contribution in [3.8, 4) is 0 Å². The number of hydrogen-bond acceptors (Lipinski definition) is 4. The molecular formula is C17H31N3O3. The van der Waals surface area contributed by atoms with E-state index in [9.17, 15) is 9.59 Å². The van der Waals surface area contributed by atoms with Gasteiger partial charge in [0.25, 0.3) is 0 Å². The Kier molecular flexibility index (Phi) is 9.33. The summed E-state index contributed by atoms with van der Waals surface area (Å²) in [6, 6.07) is 0. The minimum absolute atomic E-state index is 0.0244. The Bertz CT molecular complexity index is 399. The summed E-state index contributed by atoms with van der Waals surface area (Å²) in [5, 5.41) is 10.4. The number of cyclic esters (lactones) is 1. The van der Waals surface area contributed by atoms with Gasteiger partial charge in [-0.05, 0) is 26.2 Å². The summed E-state index contributed by atoms with van der Waals surface area (Å²) in [5.74, 6) is -0.578. The van der Waals surface area contributed by atoms with Crippen molar-refractivity contribution in [2.45, 2.75) is 77.2 Å². The summed E-state index contributed by atoms with van der Waals surface area (Å²) in [7, 11) is 1.60. The fourth-order valence-corrected chi connectivity index (χ4v) is 2.66.